The minimum absolute atomic E-state index is 0.0372. The topological polar surface area (TPSA) is 43.4 Å². The van der Waals surface area contributed by atoms with Gasteiger partial charge in [-0.2, -0.15) is 0 Å². The van der Waals surface area contributed by atoms with Gasteiger partial charge in [0.1, 0.15) is 11.4 Å². The van der Waals surface area contributed by atoms with Gasteiger partial charge in [-0.15, -0.1) is 0 Å². The first-order valence-corrected chi connectivity index (χ1v) is 5.62. The fourth-order valence-electron chi connectivity index (χ4n) is 2.74. The van der Waals surface area contributed by atoms with Gasteiger partial charge in [-0.3, -0.25) is 9.59 Å². The fraction of sp³-hybridized carbons (Fsp3) is 0.833. The van der Waals surface area contributed by atoms with E-state index in [2.05, 4.69) is 0 Å². The van der Waals surface area contributed by atoms with E-state index >= 15 is 0 Å². The summed E-state index contributed by atoms with van der Waals surface area (Å²) in [6.07, 6.45) is 2.44. The lowest BCUT2D eigenvalue weighted by Gasteiger charge is -2.25. The van der Waals surface area contributed by atoms with E-state index in [9.17, 15) is 9.59 Å². The summed E-state index contributed by atoms with van der Waals surface area (Å²) in [5.74, 6) is 0.338. The molecule has 0 aliphatic heterocycles. The monoisotopic (exact) mass is 210 g/mol. The number of ether oxygens (including phenoxy) is 1. The molecule has 0 aromatic heterocycles. The number of rotatable bonds is 1. The third-order valence-corrected chi connectivity index (χ3v) is 3.27. The molecular weight excluding hydrogens is 192 g/mol. The summed E-state index contributed by atoms with van der Waals surface area (Å²) in [7, 11) is 0. The first kappa shape index (κ1) is 10.7. The van der Waals surface area contributed by atoms with Crippen molar-refractivity contribution in [3.8, 4) is 0 Å². The predicted molar refractivity (Wildman–Crippen MR) is 55.2 cm³/mol. The zero-order valence-corrected chi connectivity index (χ0v) is 9.58. The highest BCUT2D eigenvalue weighted by molar-refractivity contribution is 5.90. The summed E-state index contributed by atoms with van der Waals surface area (Å²) in [6, 6.07) is 0. The Bertz CT molecular complexity index is 300. The van der Waals surface area contributed by atoms with Crippen LogP contribution < -0.4 is 0 Å². The number of hydrogen-bond acceptors (Lipinski definition) is 3. The Morgan fingerprint density at radius 2 is 2.00 bits per heavy atom. The lowest BCUT2D eigenvalue weighted by atomic mass is 9.88. The largest absolute Gasteiger partial charge is 0.460 e. The minimum Gasteiger partial charge on any atom is -0.460 e. The van der Waals surface area contributed by atoms with E-state index in [1.807, 2.05) is 20.8 Å². The molecule has 0 amide bonds. The molecule has 0 spiro atoms. The standard InChI is InChI=1S/C12H18O3/c1-12(2,3)15-11(14)9-5-7-4-8(9)10(13)6-7/h7-9H,4-6H2,1-3H3/t7-,8-,9+/m1/s1. The molecule has 0 aromatic rings. The van der Waals surface area contributed by atoms with E-state index in [1.54, 1.807) is 0 Å². The molecular formula is C12H18O3. The Morgan fingerprint density at radius 1 is 1.33 bits per heavy atom. The molecule has 3 nitrogen and oxygen atoms in total. The van der Waals surface area contributed by atoms with E-state index in [0.717, 1.165) is 12.8 Å². The maximum atomic E-state index is 11.8. The van der Waals surface area contributed by atoms with Crippen LogP contribution in [0.15, 0.2) is 0 Å². The predicted octanol–water partition coefficient (Wildman–Crippen LogP) is 1.94. The number of carbonyl (C=O) groups is 2. The normalized spacial score (nSPS) is 34.6. The summed E-state index contributed by atoms with van der Waals surface area (Å²) >= 11 is 0. The Labute approximate surface area is 90.2 Å². The van der Waals surface area contributed by atoms with E-state index in [-0.39, 0.29) is 23.6 Å². The molecule has 0 aromatic carbocycles. The number of fused-ring (bicyclic) bond motifs is 2. The van der Waals surface area contributed by atoms with Gasteiger partial charge in [0.05, 0.1) is 5.92 Å². The van der Waals surface area contributed by atoms with Crippen molar-refractivity contribution in [3.63, 3.8) is 0 Å². The molecule has 3 heteroatoms. The highest BCUT2D eigenvalue weighted by atomic mass is 16.6. The van der Waals surface area contributed by atoms with Crippen LogP contribution in [0.1, 0.15) is 40.0 Å². The van der Waals surface area contributed by atoms with Crippen molar-refractivity contribution in [1.29, 1.82) is 0 Å². The Kier molecular flexibility index (Phi) is 2.36. The lowest BCUT2D eigenvalue weighted by molar-refractivity contribution is -0.163. The number of ketones is 1. The molecule has 3 atom stereocenters. The maximum Gasteiger partial charge on any atom is 0.310 e. The van der Waals surface area contributed by atoms with Crippen LogP contribution in [0.3, 0.4) is 0 Å². The summed E-state index contributed by atoms with van der Waals surface area (Å²) in [5, 5.41) is 0. The molecule has 15 heavy (non-hydrogen) atoms. The van der Waals surface area contributed by atoms with Crippen molar-refractivity contribution >= 4 is 11.8 Å². The zero-order chi connectivity index (χ0) is 11.2. The summed E-state index contributed by atoms with van der Waals surface area (Å²) in [5.41, 5.74) is -0.442. The SMILES string of the molecule is CC(C)(C)OC(=O)[C@H]1C[C@@H]2CC(=O)[C@@H]1C2. The second-order valence-corrected chi connectivity index (χ2v) is 5.75. The second-order valence-electron chi connectivity index (χ2n) is 5.75. The smallest absolute Gasteiger partial charge is 0.310 e. The molecule has 2 bridgehead atoms. The zero-order valence-electron chi connectivity index (χ0n) is 9.58. The molecule has 0 radical (unpaired) electrons. The molecule has 2 aliphatic rings. The number of Topliss-reactive ketones (excluding diaryl/α,β-unsaturated/α-hetero) is 1. The molecule has 2 rings (SSSR count). The number of esters is 1. The molecule has 0 saturated heterocycles. The van der Waals surface area contributed by atoms with Crippen molar-refractivity contribution in [2.24, 2.45) is 17.8 Å². The summed E-state index contributed by atoms with van der Waals surface area (Å²) in [4.78, 5) is 23.3. The highest BCUT2D eigenvalue weighted by Gasteiger charge is 2.49. The van der Waals surface area contributed by atoms with Crippen molar-refractivity contribution < 1.29 is 14.3 Å². The molecule has 2 saturated carbocycles. The van der Waals surface area contributed by atoms with E-state index in [0.29, 0.717) is 12.3 Å². The van der Waals surface area contributed by atoms with Crippen molar-refractivity contribution in [1.82, 2.24) is 0 Å². The second kappa shape index (κ2) is 3.32. The third-order valence-electron chi connectivity index (χ3n) is 3.27. The van der Waals surface area contributed by atoms with Gasteiger partial charge in [0.25, 0.3) is 0 Å². The van der Waals surface area contributed by atoms with Gasteiger partial charge in [0.15, 0.2) is 0 Å². The summed E-state index contributed by atoms with van der Waals surface area (Å²) < 4.78 is 5.33. The highest BCUT2D eigenvalue weighted by Crippen LogP contribution is 2.46. The van der Waals surface area contributed by atoms with Crippen LogP contribution in [0, 0.1) is 17.8 Å². The Balaban J connectivity index is 2.01. The van der Waals surface area contributed by atoms with Crippen LogP contribution >= 0.6 is 0 Å². The van der Waals surface area contributed by atoms with Gasteiger partial charge in [0, 0.05) is 12.3 Å². The first-order chi connectivity index (χ1) is 6.87. The molecule has 0 N–H and O–H groups in total. The molecule has 0 unspecified atom stereocenters. The molecule has 2 aliphatic carbocycles. The molecule has 84 valence electrons. The van der Waals surface area contributed by atoms with Crippen LogP contribution in [0.2, 0.25) is 0 Å². The van der Waals surface area contributed by atoms with Gasteiger partial charge in [0.2, 0.25) is 0 Å². The van der Waals surface area contributed by atoms with E-state index in [1.165, 1.54) is 0 Å². The van der Waals surface area contributed by atoms with Gasteiger partial charge in [-0.05, 0) is 39.5 Å². The van der Waals surface area contributed by atoms with Gasteiger partial charge < -0.3 is 4.74 Å². The average molecular weight is 210 g/mol. The Hall–Kier alpha value is -0.860. The van der Waals surface area contributed by atoms with Crippen LogP contribution in [0.25, 0.3) is 0 Å². The minimum atomic E-state index is -0.442. The van der Waals surface area contributed by atoms with Crippen molar-refractivity contribution in [2.45, 2.75) is 45.6 Å². The van der Waals surface area contributed by atoms with Gasteiger partial charge in [-0.1, -0.05) is 0 Å². The molecule has 2 fully saturated rings. The first-order valence-electron chi connectivity index (χ1n) is 5.62. The van der Waals surface area contributed by atoms with Gasteiger partial charge >= 0.3 is 5.97 Å². The van der Waals surface area contributed by atoms with Crippen LogP contribution in [0.4, 0.5) is 0 Å². The fourth-order valence-corrected chi connectivity index (χ4v) is 2.74. The van der Waals surface area contributed by atoms with Crippen LogP contribution in [-0.4, -0.2) is 17.4 Å². The lowest BCUT2D eigenvalue weighted by Crippen LogP contribution is -2.33. The maximum absolute atomic E-state index is 11.8. The average Bonchev–Trinajstić information content (AvgIpc) is 2.58. The summed E-state index contributed by atoms with van der Waals surface area (Å²) in [6.45, 7) is 5.58. The quantitative estimate of drug-likeness (QED) is 0.621. The molecule has 0 heterocycles. The van der Waals surface area contributed by atoms with Crippen LogP contribution in [0.5, 0.6) is 0 Å². The van der Waals surface area contributed by atoms with Crippen molar-refractivity contribution in [2.75, 3.05) is 0 Å². The Morgan fingerprint density at radius 3 is 2.47 bits per heavy atom. The van der Waals surface area contributed by atoms with Crippen LogP contribution in [-0.2, 0) is 14.3 Å². The van der Waals surface area contributed by atoms with E-state index < -0.39 is 5.60 Å². The van der Waals surface area contributed by atoms with Crippen molar-refractivity contribution in [3.05, 3.63) is 0 Å². The van der Waals surface area contributed by atoms with Gasteiger partial charge in [-0.25, -0.2) is 0 Å². The number of hydrogen-bond donors (Lipinski definition) is 0. The third kappa shape index (κ3) is 2.06. The number of carbonyl (C=O) groups excluding carboxylic acids is 2. The van der Waals surface area contributed by atoms with E-state index in [4.69, 9.17) is 4.74 Å².